The molecule has 3 N–H and O–H groups in total. The fourth-order valence-corrected chi connectivity index (χ4v) is 2.18. The van der Waals surface area contributed by atoms with Gasteiger partial charge in [0.25, 0.3) is 0 Å². The van der Waals surface area contributed by atoms with Crippen LogP contribution in [0.1, 0.15) is 19.8 Å². The van der Waals surface area contributed by atoms with E-state index >= 15 is 0 Å². The van der Waals surface area contributed by atoms with Crippen molar-refractivity contribution >= 4 is 22.9 Å². The number of H-pyrrole nitrogens is 1. The predicted octanol–water partition coefficient (Wildman–Crippen LogP) is 1.17. The van der Waals surface area contributed by atoms with Crippen LogP contribution in [-0.4, -0.2) is 33.0 Å². The van der Waals surface area contributed by atoms with Crippen LogP contribution in [0.2, 0.25) is 0 Å². The molecule has 17 heavy (non-hydrogen) atoms. The number of fused-ring (bicyclic) bond motifs is 1. The zero-order valence-corrected chi connectivity index (χ0v) is 10.0. The second-order valence-electron chi connectivity index (χ2n) is 4.70. The van der Waals surface area contributed by atoms with E-state index in [1.807, 2.05) is 7.05 Å². The van der Waals surface area contributed by atoms with Crippen LogP contribution in [0.25, 0.3) is 11.2 Å². The van der Waals surface area contributed by atoms with Crippen molar-refractivity contribution in [1.82, 2.24) is 19.9 Å². The van der Waals surface area contributed by atoms with E-state index < -0.39 is 0 Å². The number of hydrogen-bond acceptors (Lipinski definition) is 5. The molecule has 90 valence electrons. The van der Waals surface area contributed by atoms with Crippen molar-refractivity contribution in [3.63, 3.8) is 0 Å². The van der Waals surface area contributed by atoms with Gasteiger partial charge in [-0.1, -0.05) is 0 Å². The quantitative estimate of drug-likeness (QED) is 0.830. The van der Waals surface area contributed by atoms with E-state index in [0.717, 1.165) is 17.3 Å². The van der Waals surface area contributed by atoms with Crippen molar-refractivity contribution in [2.75, 3.05) is 17.7 Å². The highest BCUT2D eigenvalue weighted by molar-refractivity contribution is 5.84. The van der Waals surface area contributed by atoms with E-state index in [1.54, 1.807) is 6.33 Å². The van der Waals surface area contributed by atoms with Gasteiger partial charge in [-0.3, -0.25) is 0 Å². The first-order valence-corrected chi connectivity index (χ1v) is 5.86. The summed E-state index contributed by atoms with van der Waals surface area (Å²) in [5, 5.41) is 0. The highest BCUT2D eigenvalue weighted by Gasteiger charge is 2.32. The number of rotatable bonds is 3. The van der Waals surface area contributed by atoms with Crippen molar-refractivity contribution in [3.8, 4) is 0 Å². The number of nitrogen functional groups attached to an aromatic ring is 1. The Balaban J connectivity index is 2.05. The van der Waals surface area contributed by atoms with Gasteiger partial charge in [0, 0.05) is 13.1 Å². The lowest BCUT2D eigenvalue weighted by Crippen LogP contribution is -2.31. The van der Waals surface area contributed by atoms with Gasteiger partial charge in [-0.15, -0.1) is 0 Å². The molecule has 0 saturated heterocycles. The maximum atomic E-state index is 5.71. The first-order valence-electron chi connectivity index (χ1n) is 5.86. The average molecular weight is 232 g/mol. The largest absolute Gasteiger partial charge is 0.368 e. The normalized spacial score (nSPS) is 17.3. The van der Waals surface area contributed by atoms with E-state index in [0.29, 0.717) is 11.7 Å². The molecule has 0 aliphatic heterocycles. The highest BCUT2D eigenvalue weighted by atomic mass is 15.2. The van der Waals surface area contributed by atoms with Crippen LogP contribution in [0, 0.1) is 5.92 Å². The van der Waals surface area contributed by atoms with Crippen molar-refractivity contribution in [2.45, 2.75) is 25.8 Å². The topological polar surface area (TPSA) is 83.7 Å². The van der Waals surface area contributed by atoms with Gasteiger partial charge in [0.1, 0.15) is 5.52 Å². The van der Waals surface area contributed by atoms with Crippen LogP contribution in [0.4, 0.5) is 11.8 Å². The first kappa shape index (κ1) is 10.3. The Labute approximate surface area is 99.3 Å². The lowest BCUT2D eigenvalue weighted by atomic mass is 10.2. The molecule has 1 fully saturated rings. The number of imidazole rings is 1. The van der Waals surface area contributed by atoms with Crippen LogP contribution in [0.3, 0.4) is 0 Å². The molecular formula is C11H16N6. The van der Waals surface area contributed by atoms with E-state index in [2.05, 4.69) is 31.8 Å². The molecule has 0 bridgehead atoms. The van der Waals surface area contributed by atoms with Gasteiger partial charge in [0.15, 0.2) is 11.5 Å². The molecule has 3 rings (SSSR count). The summed E-state index contributed by atoms with van der Waals surface area (Å²) in [5.74, 6) is 1.88. The minimum absolute atomic E-state index is 0.273. The van der Waals surface area contributed by atoms with Gasteiger partial charge in [0.05, 0.1) is 6.33 Å². The van der Waals surface area contributed by atoms with Crippen LogP contribution >= 0.6 is 0 Å². The first-order chi connectivity index (χ1) is 8.16. The molecule has 2 aromatic heterocycles. The van der Waals surface area contributed by atoms with Gasteiger partial charge >= 0.3 is 0 Å². The molecule has 1 aliphatic rings. The van der Waals surface area contributed by atoms with Crippen molar-refractivity contribution in [3.05, 3.63) is 6.33 Å². The van der Waals surface area contributed by atoms with Gasteiger partial charge in [-0.25, -0.2) is 4.98 Å². The molecular weight excluding hydrogens is 216 g/mol. The molecule has 0 aromatic carbocycles. The lowest BCUT2D eigenvalue weighted by Gasteiger charge is -2.26. The summed E-state index contributed by atoms with van der Waals surface area (Å²) in [6.07, 6.45) is 4.23. The van der Waals surface area contributed by atoms with E-state index in [9.17, 15) is 0 Å². The summed E-state index contributed by atoms with van der Waals surface area (Å²) in [6, 6.07) is 0.468. The zero-order valence-electron chi connectivity index (χ0n) is 10.0. The molecule has 2 aromatic rings. The SMILES string of the molecule is CC(C1CC1)N(C)c1nc(N)nc2nc[nH]c12. The molecule has 1 unspecified atom stereocenters. The average Bonchev–Trinajstić information content (AvgIpc) is 3.05. The minimum atomic E-state index is 0.273. The molecule has 2 heterocycles. The third-order valence-electron chi connectivity index (χ3n) is 3.53. The number of nitrogens with zero attached hydrogens (tertiary/aromatic N) is 4. The van der Waals surface area contributed by atoms with E-state index in [4.69, 9.17) is 5.73 Å². The maximum Gasteiger partial charge on any atom is 0.224 e. The number of nitrogens with two attached hydrogens (primary N) is 1. The molecule has 1 saturated carbocycles. The highest BCUT2D eigenvalue weighted by Crippen LogP contribution is 2.36. The van der Waals surface area contributed by atoms with Crippen molar-refractivity contribution in [2.24, 2.45) is 5.92 Å². The van der Waals surface area contributed by atoms with Gasteiger partial charge in [0.2, 0.25) is 5.95 Å². The number of anilines is 2. The monoisotopic (exact) mass is 232 g/mol. The van der Waals surface area contributed by atoms with Gasteiger partial charge in [-0.05, 0) is 25.7 Å². The fourth-order valence-electron chi connectivity index (χ4n) is 2.18. The Morgan fingerprint density at radius 1 is 1.47 bits per heavy atom. The Bertz CT molecular complexity index is 544. The van der Waals surface area contributed by atoms with Crippen molar-refractivity contribution in [1.29, 1.82) is 0 Å². The molecule has 0 radical (unpaired) electrons. The Morgan fingerprint density at radius 2 is 2.24 bits per heavy atom. The van der Waals surface area contributed by atoms with Crippen LogP contribution in [-0.2, 0) is 0 Å². The third-order valence-corrected chi connectivity index (χ3v) is 3.53. The van der Waals surface area contributed by atoms with Crippen LogP contribution in [0.5, 0.6) is 0 Å². The van der Waals surface area contributed by atoms with Crippen LogP contribution < -0.4 is 10.6 Å². The summed E-state index contributed by atoms with van der Waals surface area (Å²) >= 11 is 0. The number of hydrogen-bond donors (Lipinski definition) is 2. The Morgan fingerprint density at radius 3 is 2.94 bits per heavy atom. The Hall–Kier alpha value is -1.85. The fraction of sp³-hybridized carbons (Fsp3) is 0.545. The molecule has 6 heteroatoms. The third kappa shape index (κ3) is 1.69. The summed E-state index contributed by atoms with van der Waals surface area (Å²) in [5.41, 5.74) is 7.19. The van der Waals surface area contributed by atoms with E-state index in [-0.39, 0.29) is 5.95 Å². The molecule has 6 nitrogen and oxygen atoms in total. The maximum absolute atomic E-state index is 5.71. The standard InChI is InChI=1S/C11H16N6/c1-6(7-3-4-7)17(2)10-8-9(14-5-13-8)15-11(12)16-10/h5-7H,3-4H2,1-2H3,(H3,12,13,14,15,16). The molecule has 0 spiro atoms. The molecule has 1 atom stereocenters. The minimum Gasteiger partial charge on any atom is -0.368 e. The summed E-state index contributed by atoms with van der Waals surface area (Å²) in [6.45, 7) is 2.22. The Kier molecular flexibility index (Phi) is 2.17. The zero-order chi connectivity index (χ0) is 12.0. The number of aromatic nitrogens is 4. The molecule has 0 amide bonds. The number of aromatic amines is 1. The summed E-state index contributed by atoms with van der Waals surface area (Å²) in [7, 11) is 2.05. The predicted molar refractivity (Wildman–Crippen MR) is 66.7 cm³/mol. The second-order valence-corrected chi connectivity index (χ2v) is 4.70. The smallest absolute Gasteiger partial charge is 0.224 e. The second kappa shape index (κ2) is 3.58. The van der Waals surface area contributed by atoms with Crippen LogP contribution in [0.15, 0.2) is 6.33 Å². The summed E-state index contributed by atoms with van der Waals surface area (Å²) in [4.78, 5) is 17.8. The molecule has 1 aliphatic carbocycles. The van der Waals surface area contributed by atoms with E-state index in [1.165, 1.54) is 12.8 Å². The number of nitrogens with one attached hydrogen (secondary N) is 1. The van der Waals surface area contributed by atoms with Crippen molar-refractivity contribution < 1.29 is 0 Å². The van der Waals surface area contributed by atoms with Gasteiger partial charge in [-0.2, -0.15) is 9.97 Å². The summed E-state index contributed by atoms with van der Waals surface area (Å²) < 4.78 is 0. The lowest BCUT2D eigenvalue weighted by molar-refractivity contribution is 0.605. The van der Waals surface area contributed by atoms with Gasteiger partial charge < -0.3 is 15.6 Å².